The van der Waals surface area contributed by atoms with Crippen LogP contribution >= 0.6 is 0 Å². The number of carbonyl (C=O) groups excluding carboxylic acids is 2. The lowest BCUT2D eigenvalue weighted by Gasteiger charge is -2.33. The highest BCUT2D eigenvalue weighted by atomic mass is 32.2. The van der Waals surface area contributed by atoms with Gasteiger partial charge in [-0.05, 0) is 90.8 Å². The molecule has 1 aliphatic carbocycles. The van der Waals surface area contributed by atoms with Gasteiger partial charge in [-0.15, -0.1) is 0 Å². The number of aryl methyl sites for hydroxylation is 1. The van der Waals surface area contributed by atoms with Crippen LogP contribution in [-0.4, -0.2) is 89.0 Å². The summed E-state index contributed by atoms with van der Waals surface area (Å²) in [6.45, 7) is 8.84. The van der Waals surface area contributed by atoms with Crippen LogP contribution < -0.4 is 9.46 Å². The molecule has 2 unspecified atom stereocenters. The number of rotatable bonds is 9. The number of hydrogen-bond donors (Lipinski definition) is 1. The van der Waals surface area contributed by atoms with Gasteiger partial charge in [0.15, 0.2) is 0 Å². The van der Waals surface area contributed by atoms with Gasteiger partial charge >= 0.3 is 0 Å². The van der Waals surface area contributed by atoms with Crippen molar-refractivity contribution >= 4 is 44.4 Å². The van der Waals surface area contributed by atoms with Crippen molar-refractivity contribution in [2.24, 2.45) is 13.0 Å². The lowest BCUT2D eigenvalue weighted by Crippen LogP contribution is -2.48. The number of nitrogens with zero attached hydrogens (tertiary/aromatic N) is 5. The first-order valence-corrected chi connectivity index (χ1v) is 20.8. The predicted octanol–water partition coefficient (Wildman–Crippen LogP) is 6.29. The second kappa shape index (κ2) is 13.8. The van der Waals surface area contributed by atoms with Gasteiger partial charge in [-0.2, -0.15) is 5.10 Å². The molecule has 2 atom stereocenters. The van der Waals surface area contributed by atoms with Crippen molar-refractivity contribution in [1.29, 1.82) is 0 Å². The Bertz CT molecular complexity index is 2250. The van der Waals surface area contributed by atoms with E-state index in [0.717, 1.165) is 96.5 Å². The molecule has 0 spiro atoms. The maximum Gasteiger partial charge on any atom is 0.264 e. The maximum absolute atomic E-state index is 14.4. The zero-order valence-electron chi connectivity index (χ0n) is 31.4. The van der Waals surface area contributed by atoms with E-state index in [1.807, 2.05) is 48.7 Å². The second-order valence-corrected chi connectivity index (χ2v) is 17.5. The number of aromatic nitrogens is 3. The number of allylic oxidation sites excluding steroid dienone is 1. The van der Waals surface area contributed by atoms with E-state index >= 15 is 0 Å². The first kappa shape index (κ1) is 35.6. The Labute approximate surface area is 312 Å². The van der Waals surface area contributed by atoms with E-state index in [1.165, 1.54) is 12.0 Å². The number of piperazine rings is 1. The Balaban J connectivity index is 1.29. The number of methoxy groups -OCH3 is 1. The van der Waals surface area contributed by atoms with E-state index in [9.17, 15) is 18.0 Å². The molecule has 4 aromatic rings. The SMILES string of the molecule is CCN1CC2CC1CN2C(=O)c1cnn(C)c1C1=Cc2cc(OC)ccc2-c2c(C3CCCCC3)c3ccc(C(=O)NS(=O)(=O)CC(C)C)cc3n2C1. The van der Waals surface area contributed by atoms with E-state index in [1.54, 1.807) is 19.4 Å². The van der Waals surface area contributed by atoms with Crippen molar-refractivity contribution in [2.75, 3.05) is 32.5 Å². The maximum atomic E-state index is 14.4. The van der Waals surface area contributed by atoms with Crippen molar-refractivity contribution in [3.8, 4) is 17.0 Å². The molecule has 2 bridgehead atoms. The molecule has 2 aromatic heterocycles. The monoisotopic (exact) mass is 738 g/mol. The fraction of sp³-hybridized carbons (Fsp3) is 0.488. The zero-order valence-corrected chi connectivity index (χ0v) is 32.2. The number of ether oxygens (including phenoxy) is 1. The van der Waals surface area contributed by atoms with E-state index in [2.05, 4.69) is 44.4 Å². The molecule has 2 amide bonds. The summed E-state index contributed by atoms with van der Waals surface area (Å²) in [5.41, 5.74) is 7.79. The molecular formula is C41H50N6O5S. The van der Waals surface area contributed by atoms with E-state index in [4.69, 9.17) is 4.74 Å². The highest BCUT2D eigenvalue weighted by Gasteiger charge is 2.45. The number of benzene rings is 2. The molecule has 3 aliphatic heterocycles. The Hall–Kier alpha value is -4.42. The summed E-state index contributed by atoms with van der Waals surface area (Å²) in [6.07, 6.45) is 10.5. The highest BCUT2D eigenvalue weighted by Crippen LogP contribution is 2.48. The van der Waals surface area contributed by atoms with Crippen LogP contribution in [0.4, 0.5) is 0 Å². The van der Waals surface area contributed by atoms with Gasteiger partial charge in [-0.3, -0.25) is 19.2 Å². The minimum absolute atomic E-state index is 0.00872. The summed E-state index contributed by atoms with van der Waals surface area (Å²) in [5, 5.41) is 5.72. The molecule has 2 saturated heterocycles. The molecule has 4 aliphatic rings. The second-order valence-electron chi connectivity index (χ2n) is 15.8. The van der Waals surface area contributed by atoms with E-state index in [0.29, 0.717) is 24.1 Å². The molecule has 8 rings (SSSR count). The van der Waals surface area contributed by atoms with Crippen molar-refractivity contribution in [1.82, 2.24) is 28.9 Å². The van der Waals surface area contributed by atoms with Crippen molar-refractivity contribution in [2.45, 2.75) is 83.8 Å². The minimum Gasteiger partial charge on any atom is -0.497 e. The normalized spacial score (nSPS) is 20.4. The Kier molecular flexibility index (Phi) is 9.25. The standard InChI is InChI=1S/C41H50N6O5S/c1-6-45-22-31-19-30(45)23-46(31)41(49)35-20-42-44(4)38(35)29-16-28-17-32(52-5)13-15-33(28)39-37(26-10-8-7-9-11-26)34-14-12-27(18-36(34)47(39)21-29)40(48)43-53(50,51)24-25(2)3/h12-18,20,25-26,30-31H,6-11,19,21-24H2,1-5H3,(H,43,48). The lowest BCUT2D eigenvalue weighted by molar-refractivity contribution is 0.0630. The third-order valence-electron chi connectivity index (χ3n) is 11.8. The Morgan fingerprint density at radius 2 is 1.81 bits per heavy atom. The number of fused-ring (bicyclic) bond motifs is 7. The summed E-state index contributed by atoms with van der Waals surface area (Å²) in [4.78, 5) is 32.5. The molecule has 12 heteroatoms. The smallest absolute Gasteiger partial charge is 0.264 e. The average Bonchev–Trinajstić information content (AvgIpc) is 3.90. The summed E-state index contributed by atoms with van der Waals surface area (Å²) in [6, 6.07) is 12.3. The van der Waals surface area contributed by atoms with Crippen LogP contribution in [0.1, 0.15) is 103 Å². The summed E-state index contributed by atoms with van der Waals surface area (Å²) in [5.74, 6) is 0.170. The predicted molar refractivity (Wildman–Crippen MR) is 207 cm³/mol. The first-order chi connectivity index (χ1) is 25.5. The molecular weight excluding hydrogens is 689 g/mol. The Morgan fingerprint density at radius 1 is 1.02 bits per heavy atom. The van der Waals surface area contributed by atoms with Gasteiger partial charge in [0.25, 0.3) is 11.8 Å². The van der Waals surface area contributed by atoms with Gasteiger partial charge in [-0.1, -0.05) is 46.1 Å². The van der Waals surface area contributed by atoms with Gasteiger partial charge in [0.2, 0.25) is 10.0 Å². The third kappa shape index (κ3) is 6.37. The van der Waals surface area contributed by atoms with Crippen molar-refractivity contribution < 1.29 is 22.7 Å². The highest BCUT2D eigenvalue weighted by molar-refractivity contribution is 7.90. The van der Waals surface area contributed by atoms with Gasteiger partial charge in [0.05, 0.1) is 42.6 Å². The zero-order chi connectivity index (χ0) is 37.2. The molecule has 0 radical (unpaired) electrons. The summed E-state index contributed by atoms with van der Waals surface area (Å²) >= 11 is 0. The lowest BCUT2D eigenvalue weighted by atomic mass is 9.81. The van der Waals surface area contributed by atoms with Gasteiger partial charge in [0, 0.05) is 54.3 Å². The number of likely N-dealkylation sites (tertiary alicyclic amines) is 2. The fourth-order valence-electron chi connectivity index (χ4n) is 9.52. The quantitative estimate of drug-likeness (QED) is 0.215. The molecule has 280 valence electrons. The molecule has 1 N–H and O–H groups in total. The first-order valence-electron chi connectivity index (χ1n) is 19.1. The van der Waals surface area contributed by atoms with Crippen LogP contribution in [0.15, 0.2) is 42.6 Å². The van der Waals surface area contributed by atoms with Gasteiger partial charge in [0.1, 0.15) is 5.75 Å². The number of sulfonamides is 1. The fourth-order valence-corrected chi connectivity index (χ4v) is 10.9. The van der Waals surface area contributed by atoms with Crippen LogP contribution in [0.2, 0.25) is 0 Å². The molecule has 53 heavy (non-hydrogen) atoms. The van der Waals surface area contributed by atoms with Crippen LogP contribution in [-0.2, 0) is 23.6 Å². The van der Waals surface area contributed by atoms with Crippen LogP contribution in [0, 0.1) is 5.92 Å². The molecule has 2 aromatic carbocycles. The van der Waals surface area contributed by atoms with Crippen LogP contribution in [0.5, 0.6) is 5.75 Å². The third-order valence-corrected chi connectivity index (χ3v) is 13.4. The number of nitrogens with one attached hydrogen (secondary N) is 1. The molecule has 3 fully saturated rings. The summed E-state index contributed by atoms with van der Waals surface area (Å²) < 4.78 is 37.8. The van der Waals surface area contributed by atoms with Crippen LogP contribution in [0.25, 0.3) is 33.8 Å². The minimum atomic E-state index is -3.81. The van der Waals surface area contributed by atoms with Crippen molar-refractivity contribution in [3.05, 3.63) is 70.5 Å². The van der Waals surface area contributed by atoms with E-state index < -0.39 is 15.9 Å². The number of likely N-dealkylation sites (N-methyl/N-ethyl adjacent to an activating group) is 1. The Morgan fingerprint density at radius 3 is 2.51 bits per heavy atom. The number of carbonyl (C=O) groups is 2. The molecule has 1 saturated carbocycles. The summed E-state index contributed by atoms with van der Waals surface area (Å²) in [7, 11) is -0.250. The largest absolute Gasteiger partial charge is 0.497 e. The van der Waals surface area contributed by atoms with Gasteiger partial charge in [-0.25, -0.2) is 13.1 Å². The average molecular weight is 739 g/mol. The number of amides is 2. The van der Waals surface area contributed by atoms with Crippen molar-refractivity contribution in [3.63, 3.8) is 0 Å². The topological polar surface area (TPSA) is 119 Å². The van der Waals surface area contributed by atoms with Gasteiger partial charge < -0.3 is 14.2 Å². The van der Waals surface area contributed by atoms with Crippen LogP contribution in [0.3, 0.4) is 0 Å². The molecule has 5 heterocycles. The molecule has 11 nitrogen and oxygen atoms in total. The number of hydrogen-bond acceptors (Lipinski definition) is 7. The van der Waals surface area contributed by atoms with E-state index in [-0.39, 0.29) is 29.2 Å².